The number of fused-ring (bicyclic) bond motifs is 2. The number of ether oxygens (including phenoxy) is 2. The Kier molecular flexibility index (Phi) is 5.51. The second kappa shape index (κ2) is 7.68. The normalized spacial score (nSPS) is 26.3. The van der Waals surface area contributed by atoms with Crippen LogP contribution in [0.2, 0.25) is 0 Å². The van der Waals surface area contributed by atoms with Gasteiger partial charge in [0.1, 0.15) is 12.2 Å². The van der Waals surface area contributed by atoms with Gasteiger partial charge in [-0.3, -0.25) is 19.2 Å². The van der Waals surface area contributed by atoms with Gasteiger partial charge in [0.15, 0.2) is 0 Å². The van der Waals surface area contributed by atoms with E-state index in [2.05, 4.69) is 0 Å². The maximum Gasteiger partial charge on any atom is 0.314 e. The van der Waals surface area contributed by atoms with Gasteiger partial charge in [0.2, 0.25) is 5.12 Å². The Morgan fingerprint density at radius 2 is 1.85 bits per heavy atom. The van der Waals surface area contributed by atoms with Crippen LogP contribution in [-0.2, 0) is 34.1 Å². The zero-order valence-corrected chi connectivity index (χ0v) is 15.9. The van der Waals surface area contributed by atoms with Crippen LogP contribution in [0.25, 0.3) is 0 Å². The number of benzene rings is 1. The van der Waals surface area contributed by atoms with Crippen molar-refractivity contribution in [3.8, 4) is 0 Å². The molecule has 0 saturated carbocycles. The highest BCUT2D eigenvalue weighted by Crippen LogP contribution is 2.58. The van der Waals surface area contributed by atoms with Crippen LogP contribution in [0, 0.1) is 11.8 Å². The van der Waals surface area contributed by atoms with E-state index >= 15 is 0 Å². The SMILES string of the molecule is CCOC(=O)[C@@H]1C(C=O)=CC[C@@H](C(=O)OCC)[C@@]12C(=O)Sc1ccccc12. The summed E-state index contributed by atoms with van der Waals surface area (Å²) in [4.78, 5) is 51.4. The van der Waals surface area contributed by atoms with Gasteiger partial charge in [0.05, 0.1) is 24.5 Å². The highest BCUT2D eigenvalue weighted by Gasteiger charge is 2.64. The molecule has 0 radical (unpaired) electrons. The number of thioether (sulfide) groups is 1. The van der Waals surface area contributed by atoms with Crippen molar-refractivity contribution in [3.05, 3.63) is 41.5 Å². The summed E-state index contributed by atoms with van der Waals surface area (Å²) in [7, 11) is 0. The van der Waals surface area contributed by atoms with Crippen molar-refractivity contribution in [2.75, 3.05) is 13.2 Å². The van der Waals surface area contributed by atoms with Crippen LogP contribution in [0.15, 0.2) is 40.8 Å². The molecule has 0 N–H and O–H groups in total. The van der Waals surface area contributed by atoms with Gasteiger partial charge >= 0.3 is 11.9 Å². The number of aldehydes is 1. The largest absolute Gasteiger partial charge is 0.466 e. The highest BCUT2D eigenvalue weighted by atomic mass is 32.2. The third-order valence-electron chi connectivity index (χ3n) is 5.03. The van der Waals surface area contributed by atoms with Crippen molar-refractivity contribution in [3.63, 3.8) is 0 Å². The molecule has 1 aliphatic heterocycles. The van der Waals surface area contributed by atoms with Crippen LogP contribution >= 0.6 is 11.8 Å². The smallest absolute Gasteiger partial charge is 0.314 e. The summed E-state index contributed by atoms with van der Waals surface area (Å²) >= 11 is 0.990. The molecule has 1 aromatic rings. The van der Waals surface area contributed by atoms with Crippen LogP contribution in [0.5, 0.6) is 0 Å². The summed E-state index contributed by atoms with van der Waals surface area (Å²) in [5.74, 6) is -3.32. The fraction of sp³-hybridized carbons (Fsp3) is 0.400. The maximum absolute atomic E-state index is 13.3. The van der Waals surface area contributed by atoms with E-state index < -0.39 is 29.2 Å². The molecule has 3 atom stereocenters. The van der Waals surface area contributed by atoms with Crippen molar-refractivity contribution < 1.29 is 28.7 Å². The first-order chi connectivity index (χ1) is 13.0. The van der Waals surface area contributed by atoms with Crippen molar-refractivity contribution in [1.29, 1.82) is 0 Å². The fourth-order valence-electron chi connectivity index (χ4n) is 4.01. The molecule has 1 aliphatic carbocycles. The van der Waals surface area contributed by atoms with E-state index in [-0.39, 0.29) is 30.3 Å². The average molecular weight is 388 g/mol. The van der Waals surface area contributed by atoms with Gasteiger partial charge in [0, 0.05) is 10.5 Å². The van der Waals surface area contributed by atoms with Crippen LogP contribution in [-0.4, -0.2) is 36.6 Å². The Balaban J connectivity index is 2.28. The molecule has 0 aromatic heterocycles. The van der Waals surface area contributed by atoms with Gasteiger partial charge in [-0.05, 0) is 31.9 Å². The van der Waals surface area contributed by atoms with Crippen LogP contribution in [0.4, 0.5) is 0 Å². The minimum absolute atomic E-state index is 0.102. The molecule has 142 valence electrons. The lowest BCUT2D eigenvalue weighted by Crippen LogP contribution is -2.55. The molecule has 0 fully saturated rings. The molecule has 1 heterocycles. The Bertz CT molecular complexity index is 830. The van der Waals surface area contributed by atoms with Crippen LogP contribution < -0.4 is 0 Å². The van der Waals surface area contributed by atoms with Gasteiger partial charge < -0.3 is 9.47 Å². The first kappa shape index (κ1) is 19.4. The summed E-state index contributed by atoms with van der Waals surface area (Å²) in [6.07, 6.45) is 2.26. The van der Waals surface area contributed by atoms with E-state index in [0.717, 1.165) is 11.8 Å². The highest BCUT2D eigenvalue weighted by molar-refractivity contribution is 8.14. The molecule has 2 aliphatic rings. The molecule has 0 amide bonds. The summed E-state index contributed by atoms with van der Waals surface area (Å²) in [6, 6.07) is 7.05. The lowest BCUT2D eigenvalue weighted by atomic mass is 9.57. The lowest BCUT2D eigenvalue weighted by molar-refractivity contribution is -0.160. The second-order valence-electron chi connectivity index (χ2n) is 6.30. The topological polar surface area (TPSA) is 86.7 Å². The molecule has 6 nitrogen and oxygen atoms in total. The molecular formula is C20H20O6S. The minimum atomic E-state index is -1.51. The molecule has 3 rings (SSSR count). The first-order valence-electron chi connectivity index (χ1n) is 8.82. The third-order valence-corrected chi connectivity index (χ3v) is 6.13. The molecule has 1 aromatic carbocycles. The first-order valence-corrected chi connectivity index (χ1v) is 9.64. The molecule has 7 heteroatoms. The monoisotopic (exact) mass is 388 g/mol. The Labute approximate surface area is 161 Å². The minimum Gasteiger partial charge on any atom is -0.466 e. The average Bonchev–Trinajstić information content (AvgIpc) is 2.94. The van der Waals surface area contributed by atoms with E-state index in [0.29, 0.717) is 16.7 Å². The second-order valence-corrected chi connectivity index (χ2v) is 7.32. The standard InChI is InChI=1S/C20H20O6S/c1-3-25-17(22)14-10-9-12(11-21)16(18(23)26-4-2)20(14)13-7-5-6-8-15(13)27-19(20)24/h5-9,11,14,16H,3-4,10H2,1-2H3/t14-,16-,20+/m0/s1. The number of hydrogen-bond acceptors (Lipinski definition) is 7. The Morgan fingerprint density at radius 1 is 1.19 bits per heavy atom. The van der Waals surface area contributed by atoms with Crippen molar-refractivity contribution in [1.82, 2.24) is 0 Å². The number of hydrogen-bond donors (Lipinski definition) is 0. The van der Waals surface area contributed by atoms with Gasteiger partial charge in [-0.2, -0.15) is 0 Å². The molecule has 0 saturated heterocycles. The van der Waals surface area contributed by atoms with Gasteiger partial charge in [-0.15, -0.1) is 0 Å². The van der Waals surface area contributed by atoms with Crippen LogP contribution in [0.3, 0.4) is 0 Å². The number of carbonyl (C=O) groups is 4. The summed E-state index contributed by atoms with van der Waals surface area (Å²) in [5, 5.41) is -0.341. The Morgan fingerprint density at radius 3 is 2.52 bits per heavy atom. The predicted octanol–water partition coefficient (Wildman–Crippen LogP) is 2.44. The fourth-order valence-corrected chi connectivity index (χ4v) is 5.24. The number of carbonyl (C=O) groups excluding carboxylic acids is 4. The molecule has 0 bridgehead atoms. The zero-order chi connectivity index (χ0) is 19.6. The Hall–Kier alpha value is -2.41. The van der Waals surface area contributed by atoms with E-state index in [4.69, 9.17) is 9.47 Å². The zero-order valence-electron chi connectivity index (χ0n) is 15.1. The quantitative estimate of drug-likeness (QED) is 0.566. The van der Waals surface area contributed by atoms with Gasteiger partial charge in [0.25, 0.3) is 0 Å². The summed E-state index contributed by atoms with van der Waals surface area (Å²) < 4.78 is 10.4. The van der Waals surface area contributed by atoms with E-state index in [1.807, 2.05) is 0 Å². The van der Waals surface area contributed by atoms with E-state index in [9.17, 15) is 19.2 Å². The van der Waals surface area contributed by atoms with Crippen LogP contribution in [0.1, 0.15) is 25.8 Å². The molecular weight excluding hydrogens is 368 g/mol. The lowest BCUT2D eigenvalue weighted by Gasteiger charge is -2.42. The van der Waals surface area contributed by atoms with Gasteiger partial charge in [-0.25, -0.2) is 0 Å². The number of allylic oxidation sites excluding steroid dienone is 1. The van der Waals surface area contributed by atoms with Crippen molar-refractivity contribution in [2.45, 2.75) is 30.6 Å². The van der Waals surface area contributed by atoms with Crippen molar-refractivity contribution in [2.24, 2.45) is 11.8 Å². The molecule has 1 spiro atoms. The maximum atomic E-state index is 13.3. The molecule has 27 heavy (non-hydrogen) atoms. The van der Waals surface area contributed by atoms with E-state index in [1.54, 1.807) is 44.2 Å². The number of esters is 2. The third kappa shape index (κ3) is 2.90. The van der Waals surface area contributed by atoms with Crippen molar-refractivity contribution >= 4 is 35.1 Å². The summed E-state index contributed by atoms with van der Waals surface area (Å²) in [6.45, 7) is 3.59. The predicted molar refractivity (Wildman–Crippen MR) is 98.0 cm³/mol. The summed E-state index contributed by atoms with van der Waals surface area (Å²) in [5.41, 5.74) is -0.770. The van der Waals surface area contributed by atoms with E-state index in [1.165, 1.54) is 0 Å². The van der Waals surface area contributed by atoms with Gasteiger partial charge in [-0.1, -0.05) is 36.0 Å². The molecule has 0 unspecified atom stereocenters. The number of rotatable bonds is 5.